The third-order valence-electron chi connectivity index (χ3n) is 2.99. The van der Waals surface area contributed by atoms with Crippen molar-refractivity contribution in [3.8, 4) is 0 Å². The maximum absolute atomic E-state index is 11.4. The van der Waals surface area contributed by atoms with Crippen molar-refractivity contribution in [2.24, 2.45) is 5.92 Å². The molecule has 3 heteroatoms. The van der Waals surface area contributed by atoms with E-state index in [0.29, 0.717) is 12.5 Å². The molecular weight excluding hydrogens is 224 g/mol. The van der Waals surface area contributed by atoms with Crippen LogP contribution in [-0.2, 0) is 6.42 Å². The zero-order valence-electron chi connectivity index (χ0n) is 10.8. The van der Waals surface area contributed by atoms with Crippen molar-refractivity contribution >= 4 is 6.03 Å². The van der Waals surface area contributed by atoms with E-state index in [4.69, 9.17) is 0 Å². The molecule has 96 valence electrons. The van der Waals surface area contributed by atoms with Crippen LogP contribution in [0.4, 0.5) is 4.79 Å². The summed E-state index contributed by atoms with van der Waals surface area (Å²) >= 11 is 0. The van der Waals surface area contributed by atoms with E-state index in [1.807, 2.05) is 6.07 Å². The monoisotopic (exact) mass is 244 g/mol. The number of rotatable bonds is 5. The molecule has 2 amide bonds. The first-order valence-electron chi connectivity index (χ1n) is 6.50. The lowest BCUT2D eigenvalue weighted by molar-refractivity contribution is 0.244. The maximum atomic E-state index is 11.4. The lowest BCUT2D eigenvalue weighted by Crippen LogP contribution is -2.33. The van der Waals surface area contributed by atoms with Crippen LogP contribution in [0.15, 0.2) is 36.5 Å². The van der Waals surface area contributed by atoms with Crippen LogP contribution in [0.5, 0.6) is 0 Å². The van der Waals surface area contributed by atoms with Crippen LogP contribution in [0.2, 0.25) is 0 Å². The summed E-state index contributed by atoms with van der Waals surface area (Å²) < 4.78 is 0. The number of nitrogens with one attached hydrogen (secondary N) is 2. The molecule has 0 unspecified atom stereocenters. The summed E-state index contributed by atoms with van der Waals surface area (Å²) in [5.74, 6) is 0.692. The topological polar surface area (TPSA) is 41.1 Å². The molecule has 0 aromatic heterocycles. The number of carbonyl (C=O) groups excluding carboxylic acids is 1. The van der Waals surface area contributed by atoms with Crippen LogP contribution in [0, 0.1) is 12.8 Å². The third kappa shape index (κ3) is 4.62. The first kappa shape index (κ1) is 12.7. The molecule has 1 aliphatic carbocycles. The molecular formula is C15H20N2O. The predicted octanol–water partition coefficient (Wildman–Crippen LogP) is 2.76. The molecule has 1 aromatic rings. The standard InChI is InChI=1S/C15H20N2O/c1-12-3-2-4-14(11-12)8-10-17-15(18)16-9-7-13-5-6-13/h2-4,7,9,11,13H,5-6,8,10H2,1H3,(H2,16,17,18)/b9-7+. The molecule has 1 saturated carbocycles. The molecule has 0 saturated heterocycles. The molecule has 0 bridgehead atoms. The fraction of sp³-hybridized carbons (Fsp3) is 0.400. The van der Waals surface area contributed by atoms with Crippen LogP contribution < -0.4 is 10.6 Å². The van der Waals surface area contributed by atoms with E-state index < -0.39 is 0 Å². The van der Waals surface area contributed by atoms with E-state index in [2.05, 4.69) is 41.8 Å². The quantitative estimate of drug-likeness (QED) is 0.821. The highest BCUT2D eigenvalue weighted by Crippen LogP contribution is 2.29. The molecule has 1 aliphatic rings. The lowest BCUT2D eigenvalue weighted by atomic mass is 10.1. The molecule has 0 atom stereocenters. The van der Waals surface area contributed by atoms with Gasteiger partial charge in [-0.2, -0.15) is 0 Å². The van der Waals surface area contributed by atoms with Crippen molar-refractivity contribution in [2.75, 3.05) is 6.54 Å². The Morgan fingerprint density at radius 2 is 2.28 bits per heavy atom. The zero-order chi connectivity index (χ0) is 12.8. The van der Waals surface area contributed by atoms with Gasteiger partial charge in [0.25, 0.3) is 0 Å². The Morgan fingerprint density at radius 3 is 3.00 bits per heavy atom. The Bertz CT molecular complexity index is 436. The van der Waals surface area contributed by atoms with Gasteiger partial charge >= 0.3 is 6.03 Å². The van der Waals surface area contributed by atoms with Crippen molar-refractivity contribution in [3.63, 3.8) is 0 Å². The minimum Gasteiger partial charge on any atom is -0.338 e. The highest BCUT2D eigenvalue weighted by atomic mass is 16.2. The van der Waals surface area contributed by atoms with Crippen LogP contribution in [0.1, 0.15) is 24.0 Å². The number of aryl methyl sites for hydroxylation is 1. The number of hydrogen-bond donors (Lipinski definition) is 2. The van der Waals surface area contributed by atoms with Crippen molar-refractivity contribution in [1.82, 2.24) is 10.6 Å². The van der Waals surface area contributed by atoms with Crippen molar-refractivity contribution in [1.29, 1.82) is 0 Å². The first-order chi connectivity index (χ1) is 8.74. The van der Waals surface area contributed by atoms with Gasteiger partial charge in [-0.3, -0.25) is 0 Å². The molecule has 1 fully saturated rings. The van der Waals surface area contributed by atoms with E-state index in [-0.39, 0.29) is 6.03 Å². The minimum absolute atomic E-state index is 0.125. The lowest BCUT2D eigenvalue weighted by Gasteiger charge is -2.05. The molecule has 3 nitrogen and oxygen atoms in total. The highest BCUT2D eigenvalue weighted by molar-refractivity contribution is 5.74. The number of benzene rings is 1. The van der Waals surface area contributed by atoms with Gasteiger partial charge in [-0.25, -0.2) is 4.79 Å². The summed E-state index contributed by atoms with van der Waals surface area (Å²) in [4.78, 5) is 11.4. The molecule has 2 N–H and O–H groups in total. The van der Waals surface area contributed by atoms with E-state index in [0.717, 1.165) is 6.42 Å². The average Bonchev–Trinajstić information content (AvgIpc) is 3.13. The van der Waals surface area contributed by atoms with E-state index in [1.165, 1.54) is 24.0 Å². The smallest absolute Gasteiger partial charge is 0.318 e. The summed E-state index contributed by atoms with van der Waals surface area (Å²) in [7, 11) is 0. The van der Waals surface area contributed by atoms with Crippen LogP contribution in [0.3, 0.4) is 0 Å². The Labute approximate surface area is 108 Å². The molecule has 0 heterocycles. The van der Waals surface area contributed by atoms with E-state index in [9.17, 15) is 4.79 Å². The van der Waals surface area contributed by atoms with E-state index >= 15 is 0 Å². The van der Waals surface area contributed by atoms with Gasteiger partial charge in [-0.15, -0.1) is 0 Å². The van der Waals surface area contributed by atoms with Crippen molar-refractivity contribution in [3.05, 3.63) is 47.7 Å². The Kier molecular flexibility index (Phi) is 4.40. The van der Waals surface area contributed by atoms with Gasteiger partial charge in [0, 0.05) is 12.7 Å². The summed E-state index contributed by atoms with van der Waals surface area (Å²) in [6.45, 7) is 2.73. The number of urea groups is 1. The molecule has 0 aliphatic heterocycles. The van der Waals surface area contributed by atoms with Gasteiger partial charge in [0.1, 0.15) is 0 Å². The fourth-order valence-electron chi connectivity index (χ4n) is 1.79. The third-order valence-corrected chi connectivity index (χ3v) is 2.99. The largest absolute Gasteiger partial charge is 0.338 e. The Balaban J connectivity index is 1.63. The minimum atomic E-state index is -0.125. The maximum Gasteiger partial charge on any atom is 0.318 e. The number of amides is 2. The van der Waals surface area contributed by atoms with Gasteiger partial charge in [0.2, 0.25) is 0 Å². The molecule has 0 spiro atoms. The summed E-state index contributed by atoms with van der Waals surface area (Å²) in [6.07, 6.45) is 7.18. The highest BCUT2D eigenvalue weighted by Gasteiger charge is 2.16. The second kappa shape index (κ2) is 6.24. The molecule has 2 rings (SSSR count). The Morgan fingerprint density at radius 1 is 1.44 bits per heavy atom. The predicted molar refractivity (Wildman–Crippen MR) is 73.3 cm³/mol. The Hall–Kier alpha value is -1.77. The molecule has 1 aromatic carbocycles. The summed E-state index contributed by atoms with van der Waals surface area (Å²) in [5, 5.41) is 5.56. The van der Waals surface area contributed by atoms with Crippen LogP contribution in [0.25, 0.3) is 0 Å². The second-order valence-corrected chi connectivity index (χ2v) is 4.84. The number of hydrogen-bond acceptors (Lipinski definition) is 1. The van der Waals surface area contributed by atoms with Gasteiger partial charge in [0.15, 0.2) is 0 Å². The summed E-state index contributed by atoms with van der Waals surface area (Å²) in [6, 6.07) is 8.22. The number of allylic oxidation sites excluding steroid dienone is 1. The summed E-state index contributed by atoms with van der Waals surface area (Å²) in [5.41, 5.74) is 2.51. The van der Waals surface area contributed by atoms with Crippen LogP contribution in [-0.4, -0.2) is 12.6 Å². The van der Waals surface area contributed by atoms with Crippen LogP contribution >= 0.6 is 0 Å². The SMILES string of the molecule is Cc1cccc(CCNC(=O)N/C=C/C2CC2)c1. The average molecular weight is 244 g/mol. The second-order valence-electron chi connectivity index (χ2n) is 4.84. The van der Waals surface area contributed by atoms with Gasteiger partial charge in [-0.05, 0) is 37.7 Å². The zero-order valence-corrected chi connectivity index (χ0v) is 10.8. The van der Waals surface area contributed by atoms with Crippen molar-refractivity contribution < 1.29 is 4.79 Å². The number of carbonyl (C=O) groups is 1. The normalized spacial score (nSPS) is 14.7. The fourth-order valence-corrected chi connectivity index (χ4v) is 1.79. The first-order valence-corrected chi connectivity index (χ1v) is 6.50. The molecule has 0 radical (unpaired) electrons. The van der Waals surface area contributed by atoms with Gasteiger partial charge in [0.05, 0.1) is 0 Å². The van der Waals surface area contributed by atoms with Crippen molar-refractivity contribution in [2.45, 2.75) is 26.2 Å². The van der Waals surface area contributed by atoms with Gasteiger partial charge in [-0.1, -0.05) is 35.9 Å². The van der Waals surface area contributed by atoms with Gasteiger partial charge < -0.3 is 10.6 Å². The van der Waals surface area contributed by atoms with E-state index in [1.54, 1.807) is 6.20 Å². The molecule has 18 heavy (non-hydrogen) atoms.